The summed E-state index contributed by atoms with van der Waals surface area (Å²) in [5.74, 6) is 0.795. The molecule has 1 saturated heterocycles. The summed E-state index contributed by atoms with van der Waals surface area (Å²) in [5, 5.41) is 3.51. The highest BCUT2D eigenvalue weighted by atomic mass is 15.2. The van der Waals surface area contributed by atoms with Crippen molar-refractivity contribution in [3.8, 4) is 0 Å². The molecule has 0 aliphatic carbocycles. The maximum absolute atomic E-state index is 3.51. The Kier molecular flexibility index (Phi) is 5.49. The van der Waals surface area contributed by atoms with Crippen LogP contribution in [-0.2, 0) is 0 Å². The molecule has 14 heavy (non-hydrogen) atoms. The average Bonchev–Trinajstić information content (AvgIpc) is 2.18. The second-order valence-corrected chi connectivity index (χ2v) is 4.89. The van der Waals surface area contributed by atoms with Crippen molar-refractivity contribution in [2.45, 2.75) is 46.1 Å². The summed E-state index contributed by atoms with van der Waals surface area (Å²) in [5.41, 5.74) is 0. The van der Waals surface area contributed by atoms with Crippen molar-refractivity contribution < 1.29 is 0 Å². The molecule has 0 aromatic carbocycles. The predicted octanol–water partition coefficient (Wildman–Crippen LogP) is 2.11. The lowest BCUT2D eigenvalue weighted by Crippen LogP contribution is -2.47. The van der Waals surface area contributed by atoms with E-state index in [0.717, 1.165) is 12.0 Å². The highest BCUT2D eigenvalue weighted by Gasteiger charge is 2.20. The van der Waals surface area contributed by atoms with Gasteiger partial charge < -0.3 is 5.32 Å². The quantitative estimate of drug-likeness (QED) is 0.728. The smallest absolute Gasteiger partial charge is 0.0221 e. The van der Waals surface area contributed by atoms with Crippen LogP contribution < -0.4 is 5.32 Å². The zero-order valence-electron chi connectivity index (χ0n) is 10.1. The topological polar surface area (TPSA) is 15.3 Å². The molecule has 0 amide bonds. The number of hydrogen-bond acceptors (Lipinski definition) is 2. The average molecular weight is 198 g/mol. The number of piperidine rings is 1. The van der Waals surface area contributed by atoms with Crippen LogP contribution in [0.5, 0.6) is 0 Å². The molecule has 0 radical (unpaired) electrons. The first-order valence-corrected chi connectivity index (χ1v) is 6.18. The fourth-order valence-corrected chi connectivity index (χ4v) is 2.32. The summed E-state index contributed by atoms with van der Waals surface area (Å²) >= 11 is 0. The largest absolute Gasteiger partial charge is 0.315 e. The van der Waals surface area contributed by atoms with E-state index in [0.29, 0.717) is 0 Å². The monoisotopic (exact) mass is 198 g/mol. The first kappa shape index (κ1) is 12.0. The van der Waals surface area contributed by atoms with Crippen molar-refractivity contribution in [2.75, 3.05) is 26.2 Å². The summed E-state index contributed by atoms with van der Waals surface area (Å²) < 4.78 is 0. The minimum Gasteiger partial charge on any atom is -0.315 e. The zero-order valence-corrected chi connectivity index (χ0v) is 10.1. The van der Waals surface area contributed by atoms with Crippen LogP contribution in [0, 0.1) is 5.92 Å². The summed E-state index contributed by atoms with van der Waals surface area (Å²) in [4.78, 5) is 2.68. The van der Waals surface area contributed by atoms with E-state index in [4.69, 9.17) is 0 Å². The van der Waals surface area contributed by atoms with E-state index in [1.807, 2.05) is 0 Å². The number of rotatable bonds is 5. The van der Waals surface area contributed by atoms with Crippen molar-refractivity contribution in [3.05, 3.63) is 0 Å². The third kappa shape index (κ3) is 3.97. The lowest BCUT2D eigenvalue weighted by molar-refractivity contribution is 0.149. The first-order valence-electron chi connectivity index (χ1n) is 6.18. The van der Waals surface area contributed by atoms with E-state index in [1.165, 1.54) is 45.4 Å². The molecule has 2 nitrogen and oxygen atoms in total. The lowest BCUT2D eigenvalue weighted by atomic mass is 10.0. The third-order valence-electron chi connectivity index (χ3n) is 2.90. The maximum atomic E-state index is 3.51. The SMILES string of the molecule is CCCN(CC(C)C)C1CCCNC1. The van der Waals surface area contributed by atoms with Gasteiger partial charge in [0.05, 0.1) is 0 Å². The van der Waals surface area contributed by atoms with Crippen LogP contribution >= 0.6 is 0 Å². The van der Waals surface area contributed by atoms with Gasteiger partial charge in [0.2, 0.25) is 0 Å². The van der Waals surface area contributed by atoms with Crippen molar-refractivity contribution in [2.24, 2.45) is 5.92 Å². The molecule has 1 fully saturated rings. The molecule has 0 spiro atoms. The van der Waals surface area contributed by atoms with E-state index in [2.05, 4.69) is 31.0 Å². The molecule has 1 heterocycles. The highest BCUT2D eigenvalue weighted by Crippen LogP contribution is 2.12. The number of nitrogens with one attached hydrogen (secondary N) is 1. The van der Waals surface area contributed by atoms with E-state index < -0.39 is 0 Å². The Morgan fingerprint density at radius 1 is 1.43 bits per heavy atom. The van der Waals surface area contributed by atoms with Crippen molar-refractivity contribution >= 4 is 0 Å². The molecule has 0 aromatic heterocycles. The van der Waals surface area contributed by atoms with Crippen LogP contribution in [0.15, 0.2) is 0 Å². The van der Waals surface area contributed by atoms with Crippen LogP contribution in [0.1, 0.15) is 40.0 Å². The van der Waals surface area contributed by atoms with Crippen LogP contribution in [0.25, 0.3) is 0 Å². The molecule has 1 aliphatic rings. The van der Waals surface area contributed by atoms with Crippen molar-refractivity contribution in [1.29, 1.82) is 0 Å². The van der Waals surface area contributed by atoms with Gasteiger partial charge in [-0.2, -0.15) is 0 Å². The normalized spacial score (nSPS) is 23.4. The third-order valence-corrected chi connectivity index (χ3v) is 2.90. The second kappa shape index (κ2) is 6.41. The molecule has 1 unspecified atom stereocenters. The standard InChI is InChI=1S/C12H26N2/c1-4-8-14(10-11(2)3)12-6-5-7-13-9-12/h11-13H,4-10H2,1-3H3. The van der Waals surface area contributed by atoms with Gasteiger partial charge in [0.1, 0.15) is 0 Å². The molecular formula is C12H26N2. The minimum atomic E-state index is 0.795. The fourth-order valence-electron chi connectivity index (χ4n) is 2.32. The van der Waals surface area contributed by atoms with Crippen LogP contribution in [0.3, 0.4) is 0 Å². The van der Waals surface area contributed by atoms with Gasteiger partial charge in [-0.15, -0.1) is 0 Å². The Bertz CT molecular complexity index is 139. The van der Waals surface area contributed by atoms with E-state index in [1.54, 1.807) is 0 Å². The van der Waals surface area contributed by atoms with Gasteiger partial charge in [0, 0.05) is 19.1 Å². The summed E-state index contributed by atoms with van der Waals surface area (Å²) in [6, 6.07) is 0.797. The molecule has 1 aliphatic heterocycles. The van der Waals surface area contributed by atoms with Gasteiger partial charge in [-0.05, 0) is 38.3 Å². The van der Waals surface area contributed by atoms with Crippen LogP contribution in [0.4, 0.5) is 0 Å². The lowest BCUT2D eigenvalue weighted by Gasteiger charge is -2.35. The fraction of sp³-hybridized carbons (Fsp3) is 1.00. The molecule has 0 aromatic rings. The van der Waals surface area contributed by atoms with Crippen molar-refractivity contribution in [3.63, 3.8) is 0 Å². The van der Waals surface area contributed by atoms with E-state index in [-0.39, 0.29) is 0 Å². The van der Waals surface area contributed by atoms with Gasteiger partial charge in [0.25, 0.3) is 0 Å². The first-order chi connectivity index (χ1) is 6.74. The zero-order chi connectivity index (χ0) is 10.4. The predicted molar refractivity (Wildman–Crippen MR) is 62.6 cm³/mol. The number of nitrogens with zero attached hydrogens (tertiary/aromatic N) is 1. The molecule has 0 saturated carbocycles. The Labute approximate surface area is 89.1 Å². The van der Waals surface area contributed by atoms with Crippen LogP contribution in [0.2, 0.25) is 0 Å². The molecule has 1 rings (SSSR count). The summed E-state index contributed by atoms with van der Waals surface area (Å²) in [6.07, 6.45) is 4.02. The molecule has 84 valence electrons. The molecule has 2 heteroatoms. The van der Waals surface area contributed by atoms with Gasteiger partial charge in [-0.3, -0.25) is 4.90 Å². The maximum Gasteiger partial charge on any atom is 0.0221 e. The highest BCUT2D eigenvalue weighted by molar-refractivity contribution is 4.78. The Morgan fingerprint density at radius 3 is 2.71 bits per heavy atom. The van der Waals surface area contributed by atoms with Crippen LogP contribution in [-0.4, -0.2) is 37.1 Å². The Hall–Kier alpha value is -0.0800. The molecular weight excluding hydrogens is 172 g/mol. The second-order valence-electron chi connectivity index (χ2n) is 4.89. The van der Waals surface area contributed by atoms with Gasteiger partial charge >= 0.3 is 0 Å². The Balaban J connectivity index is 2.38. The van der Waals surface area contributed by atoms with E-state index in [9.17, 15) is 0 Å². The van der Waals surface area contributed by atoms with Crippen molar-refractivity contribution in [1.82, 2.24) is 10.2 Å². The minimum absolute atomic E-state index is 0.795. The van der Waals surface area contributed by atoms with E-state index >= 15 is 0 Å². The van der Waals surface area contributed by atoms with Gasteiger partial charge in [0.15, 0.2) is 0 Å². The molecule has 0 bridgehead atoms. The summed E-state index contributed by atoms with van der Waals surface area (Å²) in [6.45, 7) is 11.9. The Morgan fingerprint density at radius 2 is 2.21 bits per heavy atom. The molecule has 1 atom stereocenters. The summed E-state index contributed by atoms with van der Waals surface area (Å²) in [7, 11) is 0. The molecule has 1 N–H and O–H groups in total. The van der Waals surface area contributed by atoms with Gasteiger partial charge in [-0.1, -0.05) is 20.8 Å². The number of hydrogen-bond donors (Lipinski definition) is 1. The van der Waals surface area contributed by atoms with Gasteiger partial charge in [-0.25, -0.2) is 0 Å².